The van der Waals surface area contributed by atoms with Crippen LogP contribution in [0.3, 0.4) is 0 Å². The number of carbonyl (C=O) groups excluding carboxylic acids is 1. The second-order valence-electron chi connectivity index (χ2n) is 5.62. The van der Waals surface area contributed by atoms with Crippen LogP contribution in [0.15, 0.2) is 41.6 Å². The Morgan fingerprint density at radius 3 is 2.63 bits per heavy atom. The molecule has 0 radical (unpaired) electrons. The molecule has 2 aromatic heterocycles. The average Bonchev–Trinajstić information content (AvgIpc) is 2.97. The molecular formula is C16H14F3N5O3. The highest BCUT2D eigenvalue weighted by molar-refractivity contribution is 5.90. The predicted molar refractivity (Wildman–Crippen MR) is 89.1 cm³/mol. The molecule has 0 aliphatic carbocycles. The smallest absolute Gasteiger partial charge is 0.406 e. The van der Waals surface area contributed by atoms with E-state index in [4.69, 9.17) is 0 Å². The van der Waals surface area contributed by atoms with Gasteiger partial charge in [-0.05, 0) is 24.3 Å². The molecule has 1 amide bonds. The first-order valence-corrected chi connectivity index (χ1v) is 7.76. The molecule has 0 aliphatic heterocycles. The summed E-state index contributed by atoms with van der Waals surface area (Å²) >= 11 is 0. The molecule has 0 fully saturated rings. The van der Waals surface area contributed by atoms with E-state index in [1.807, 2.05) is 0 Å². The van der Waals surface area contributed by atoms with Gasteiger partial charge in [0.05, 0.1) is 12.5 Å². The van der Waals surface area contributed by atoms with Gasteiger partial charge in [0.2, 0.25) is 5.91 Å². The van der Waals surface area contributed by atoms with Crippen molar-refractivity contribution in [2.24, 2.45) is 7.05 Å². The number of rotatable bonds is 5. The molecular weight excluding hydrogens is 367 g/mol. The monoisotopic (exact) mass is 381 g/mol. The fourth-order valence-corrected chi connectivity index (χ4v) is 2.41. The van der Waals surface area contributed by atoms with Gasteiger partial charge in [-0.2, -0.15) is 5.10 Å². The lowest BCUT2D eigenvalue weighted by Crippen LogP contribution is -2.23. The molecule has 27 heavy (non-hydrogen) atoms. The minimum Gasteiger partial charge on any atom is -0.406 e. The lowest BCUT2D eigenvalue weighted by atomic mass is 10.3. The number of alkyl halides is 3. The summed E-state index contributed by atoms with van der Waals surface area (Å²) < 4.78 is 42.9. The van der Waals surface area contributed by atoms with E-state index in [9.17, 15) is 22.8 Å². The molecule has 142 valence electrons. The number of hydrogen-bond donors (Lipinski definition) is 1. The molecule has 0 saturated heterocycles. The minimum atomic E-state index is -4.78. The Morgan fingerprint density at radius 1 is 1.26 bits per heavy atom. The van der Waals surface area contributed by atoms with Crippen molar-refractivity contribution in [1.82, 2.24) is 19.3 Å². The van der Waals surface area contributed by atoms with Crippen molar-refractivity contribution in [3.63, 3.8) is 0 Å². The second-order valence-corrected chi connectivity index (χ2v) is 5.62. The number of aromatic nitrogens is 4. The highest BCUT2D eigenvalue weighted by Gasteiger charge is 2.30. The second kappa shape index (κ2) is 7.09. The number of ether oxygens (including phenoxy) is 1. The van der Waals surface area contributed by atoms with Crippen molar-refractivity contribution in [1.29, 1.82) is 0 Å². The first kappa shape index (κ1) is 18.4. The first-order chi connectivity index (χ1) is 12.7. The zero-order chi connectivity index (χ0) is 19.6. The lowest BCUT2D eigenvalue weighted by Gasteiger charge is -2.10. The Bertz CT molecular complexity index is 1020. The fraction of sp³-hybridized carbons (Fsp3) is 0.250. The van der Waals surface area contributed by atoms with Crippen LogP contribution in [-0.2, 0) is 18.4 Å². The van der Waals surface area contributed by atoms with E-state index in [-0.39, 0.29) is 24.3 Å². The van der Waals surface area contributed by atoms with E-state index in [1.165, 1.54) is 33.9 Å². The number of amides is 1. The van der Waals surface area contributed by atoms with Crippen LogP contribution in [0, 0.1) is 0 Å². The van der Waals surface area contributed by atoms with Crippen LogP contribution in [0.2, 0.25) is 0 Å². The molecule has 1 N–H and O–H groups in total. The van der Waals surface area contributed by atoms with Crippen LogP contribution < -0.4 is 15.6 Å². The molecule has 11 heteroatoms. The maximum absolute atomic E-state index is 12.3. The first-order valence-electron chi connectivity index (χ1n) is 7.76. The van der Waals surface area contributed by atoms with Crippen molar-refractivity contribution in [3.8, 4) is 5.75 Å². The van der Waals surface area contributed by atoms with Gasteiger partial charge in [0, 0.05) is 25.7 Å². The molecule has 3 aromatic rings. The summed E-state index contributed by atoms with van der Waals surface area (Å²) in [6.07, 6.45) is -2.05. The summed E-state index contributed by atoms with van der Waals surface area (Å²) in [6, 6.07) is 4.75. The number of carbonyl (C=O) groups is 1. The van der Waals surface area contributed by atoms with Gasteiger partial charge in [-0.25, -0.2) is 4.98 Å². The van der Waals surface area contributed by atoms with Crippen molar-refractivity contribution < 1.29 is 22.7 Å². The van der Waals surface area contributed by atoms with Crippen LogP contribution in [-0.4, -0.2) is 31.6 Å². The van der Waals surface area contributed by atoms with Gasteiger partial charge in [0.1, 0.15) is 11.1 Å². The molecule has 0 spiro atoms. The van der Waals surface area contributed by atoms with Crippen LogP contribution >= 0.6 is 0 Å². The fourth-order valence-electron chi connectivity index (χ4n) is 2.41. The highest BCUT2D eigenvalue weighted by Crippen LogP contribution is 2.23. The Balaban J connectivity index is 1.60. The third-order valence-corrected chi connectivity index (χ3v) is 3.67. The van der Waals surface area contributed by atoms with Crippen LogP contribution in [0.25, 0.3) is 11.0 Å². The number of fused-ring (bicyclic) bond motifs is 1. The van der Waals surface area contributed by atoms with E-state index < -0.39 is 12.3 Å². The van der Waals surface area contributed by atoms with Gasteiger partial charge in [-0.1, -0.05) is 0 Å². The van der Waals surface area contributed by atoms with Gasteiger partial charge in [0.15, 0.2) is 5.65 Å². The molecule has 8 nitrogen and oxygen atoms in total. The van der Waals surface area contributed by atoms with E-state index in [0.29, 0.717) is 16.7 Å². The normalized spacial score (nSPS) is 11.6. The number of nitrogens with zero attached hydrogens (tertiary/aromatic N) is 4. The molecule has 1 aromatic carbocycles. The van der Waals surface area contributed by atoms with Crippen LogP contribution in [0.1, 0.15) is 6.42 Å². The summed E-state index contributed by atoms with van der Waals surface area (Å²) in [5, 5.41) is 6.84. The quantitative estimate of drug-likeness (QED) is 0.731. The Hall–Kier alpha value is -3.37. The van der Waals surface area contributed by atoms with E-state index >= 15 is 0 Å². The van der Waals surface area contributed by atoms with Crippen molar-refractivity contribution in [3.05, 3.63) is 47.1 Å². The van der Waals surface area contributed by atoms with Crippen LogP contribution in [0.4, 0.5) is 18.9 Å². The van der Waals surface area contributed by atoms with Gasteiger partial charge >= 0.3 is 6.36 Å². The standard InChI is InChI=1S/C16H14F3N5O3/c1-23-14-12(8-21-23)15(26)24(9-20-14)7-6-13(25)22-10-2-4-11(5-3-10)27-16(17,18)19/h2-5,8-9H,6-7H2,1H3,(H,22,25). The third kappa shape index (κ3) is 4.43. The molecule has 0 bridgehead atoms. The van der Waals surface area contributed by atoms with Crippen molar-refractivity contribution in [2.75, 3.05) is 5.32 Å². The number of nitrogens with one attached hydrogen (secondary N) is 1. The largest absolute Gasteiger partial charge is 0.573 e. The molecule has 0 aliphatic rings. The van der Waals surface area contributed by atoms with Gasteiger partial charge in [0.25, 0.3) is 5.56 Å². The third-order valence-electron chi connectivity index (χ3n) is 3.67. The predicted octanol–water partition coefficient (Wildman–Crippen LogP) is 2.06. The zero-order valence-electron chi connectivity index (χ0n) is 14.0. The number of hydrogen-bond acceptors (Lipinski definition) is 5. The Morgan fingerprint density at radius 2 is 1.96 bits per heavy atom. The van der Waals surface area contributed by atoms with E-state index in [1.54, 1.807) is 7.05 Å². The van der Waals surface area contributed by atoms with Gasteiger partial charge in [-0.3, -0.25) is 18.8 Å². The maximum atomic E-state index is 12.3. The number of halogens is 3. The van der Waals surface area contributed by atoms with Crippen molar-refractivity contribution in [2.45, 2.75) is 19.3 Å². The molecule has 0 unspecified atom stereocenters. The Labute approximate surface area is 150 Å². The average molecular weight is 381 g/mol. The Kier molecular flexibility index (Phi) is 4.84. The molecule has 2 heterocycles. The summed E-state index contributed by atoms with van der Waals surface area (Å²) in [6.45, 7) is 0.0950. The number of benzene rings is 1. The van der Waals surface area contributed by atoms with Gasteiger partial charge in [-0.15, -0.1) is 13.2 Å². The minimum absolute atomic E-state index is 0.0197. The zero-order valence-corrected chi connectivity index (χ0v) is 14.0. The van der Waals surface area contributed by atoms with E-state index in [0.717, 1.165) is 12.1 Å². The van der Waals surface area contributed by atoms with Crippen molar-refractivity contribution >= 4 is 22.6 Å². The van der Waals surface area contributed by atoms with Crippen LogP contribution in [0.5, 0.6) is 5.75 Å². The summed E-state index contributed by atoms with van der Waals surface area (Å²) in [5.74, 6) is -0.791. The highest BCUT2D eigenvalue weighted by atomic mass is 19.4. The lowest BCUT2D eigenvalue weighted by molar-refractivity contribution is -0.274. The summed E-state index contributed by atoms with van der Waals surface area (Å²) in [7, 11) is 1.66. The number of anilines is 1. The topological polar surface area (TPSA) is 91.0 Å². The SMILES string of the molecule is Cn1ncc2c(=O)n(CCC(=O)Nc3ccc(OC(F)(F)F)cc3)cnc21. The molecule has 3 rings (SSSR count). The summed E-state index contributed by atoms with van der Waals surface area (Å²) in [5.41, 5.74) is 0.444. The van der Waals surface area contributed by atoms with Gasteiger partial charge < -0.3 is 10.1 Å². The summed E-state index contributed by atoms with van der Waals surface area (Å²) in [4.78, 5) is 28.4. The van der Waals surface area contributed by atoms with E-state index in [2.05, 4.69) is 20.1 Å². The maximum Gasteiger partial charge on any atom is 0.573 e. The molecule has 0 atom stereocenters. The molecule has 0 saturated carbocycles. The number of aryl methyl sites for hydroxylation is 2.